The van der Waals surface area contributed by atoms with E-state index in [-0.39, 0.29) is 13.1 Å². The number of carbonyl (C=O) groups excluding carboxylic acids is 1. The summed E-state index contributed by atoms with van der Waals surface area (Å²) < 4.78 is 60.0. The maximum absolute atomic E-state index is 12.9. The van der Waals surface area contributed by atoms with Crippen LogP contribution in [0, 0.1) is 0 Å². The molecule has 35 heavy (non-hydrogen) atoms. The number of hydroxylamine groups is 2. The van der Waals surface area contributed by atoms with Crippen LogP contribution in [0.3, 0.4) is 0 Å². The third-order valence-electron chi connectivity index (χ3n) is 4.96. The van der Waals surface area contributed by atoms with Crippen LogP contribution < -0.4 is 9.47 Å². The van der Waals surface area contributed by atoms with E-state index < -0.39 is 36.5 Å². The molecule has 0 spiro atoms. The molecule has 11 heteroatoms. The molecule has 0 N–H and O–H groups in total. The predicted octanol–water partition coefficient (Wildman–Crippen LogP) is 5.32. The number of aromatic nitrogens is 2. The van der Waals surface area contributed by atoms with Gasteiger partial charge in [-0.05, 0) is 53.4 Å². The Kier molecular flexibility index (Phi) is 9.95. The van der Waals surface area contributed by atoms with Crippen LogP contribution in [0.1, 0.15) is 40.5 Å². The highest BCUT2D eigenvalue weighted by atomic mass is 19.3. The summed E-state index contributed by atoms with van der Waals surface area (Å²) in [6, 6.07) is 10.6. The van der Waals surface area contributed by atoms with E-state index in [9.17, 15) is 22.4 Å². The van der Waals surface area contributed by atoms with Gasteiger partial charge in [-0.2, -0.15) is 17.6 Å². The average Bonchev–Trinajstić information content (AvgIpc) is 2.83. The smallest absolute Gasteiger partial charge is 0.387 e. The van der Waals surface area contributed by atoms with Gasteiger partial charge < -0.3 is 9.47 Å². The second kappa shape index (κ2) is 12.7. The Balaban J connectivity index is 0.00000432. The SMILES string of the molecule is C.CON(C)C(=O)c1ccc(C(Cc2ccncc2)c2ccc(OC(F)F)c(OC(F)F)c2)cn1. The maximum atomic E-state index is 12.9. The van der Waals surface area contributed by atoms with Crippen LogP contribution in [0.2, 0.25) is 0 Å². The summed E-state index contributed by atoms with van der Waals surface area (Å²) >= 11 is 0. The first-order valence-corrected chi connectivity index (χ1v) is 9.99. The highest BCUT2D eigenvalue weighted by Gasteiger charge is 2.22. The van der Waals surface area contributed by atoms with E-state index >= 15 is 0 Å². The van der Waals surface area contributed by atoms with Gasteiger partial charge in [0.05, 0.1) is 7.11 Å². The lowest BCUT2D eigenvalue weighted by Gasteiger charge is -2.21. The van der Waals surface area contributed by atoms with E-state index in [1.54, 1.807) is 30.6 Å². The second-order valence-electron chi connectivity index (χ2n) is 7.04. The molecule has 0 saturated carbocycles. The number of ether oxygens (including phenoxy) is 2. The first-order chi connectivity index (χ1) is 16.3. The highest BCUT2D eigenvalue weighted by molar-refractivity contribution is 5.91. The van der Waals surface area contributed by atoms with Crippen LogP contribution >= 0.6 is 0 Å². The highest BCUT2D eigenvalue weighted by Crippen LogP contribution is 2.36. The molecule has 1 aromatic carbocycles. The largest absolute Gasteiger partial charge is 0.431 e. The van der Waals surface area contributed by atoms with Crippen molar-refractivity contribution >= 4 is 5.91 Å². The Morgan fingerprint density at radius 2 is 1.57 bits per heavy atom. The molecule has 1 unspecified atom stereocenters. The normalized spacial score (nSPS) is 11.7. The number of alkyl halides is 4. The number of amides is 1. The molecule has 2 heterocycles. The summed E-state index contributed by atoms with van der Waals surface area (Å²) in [7, 11) is 2.79. The van der Waals surface area contributed by atoms with Crippen LogP contribution in [0.4, 0.5) is 17.6 Å². The molecule has 3 rings (SSSR count). The standard InChI is InChI=1S/C23H21F4N3O4.CH4/c1-30(32-2)21(31)18-5-3-16(13-29-18)17(11-14-7-9-28-10-8-14)15-4-6-19(33-22(24)25)20(12-15)34-23(26)27;/h3-10,12-13,17,22-23H,11H2,1-2H3;1H4. The lowest BCUT2D eigenvalue weighted by atomic mass is 9.86. The van der Waals surface area contributed by atoms with Crippen molar-refractivity contribution in [2.75, 3.05) is 14.2 Å². The number of pyridine rings is 2. The molecule has 188 valence electrons. The van der Waals surface area contributed by atoms with Crippen LogP contribution in [-0.2, 0) is 11.3 Å². The minimum Gasteiger partial charge on any atom is -0.431 e. The molecule has 0 aliphatic carbocycles. The summed E-state index contributed by atoms with van der Waals surface area (Å²) in [6.07, 6.45) is 5.11. The van der Waals surface area contributed by atoms with Gasteiger partial charge in [0.2, 0.25) is 0 Å². The number of hydrogen-bond donors (Lipinski definition) is 0. The van der Waals surface area contributed by atoms with Crippen molar-refractivity contribution in [3.63, 3.8) is 0 Å². The molecule has 7 nitrogen and oxygen atoms in total. The van der Waals surface area contributed by atoms with Crippen molar-refractivity contribution in [2.24, 2.45) is 0 Å². The molecule has 0 saturated heterocycles. The number of rotatable bonds is 10. The molecular formula is C24H25F4N3O4. The van der Waals surface area contributed by atoms with E-state index in [0.29, 0.717) is 17.5 Å². The molecule has 0 radical (unpaired) electrons. The van der Waals surface area contributed by atoms with Crippen molar-refractivity contribution < 1.29 is 36.7 Å². The van der Waals surface area contributed by atoms with Gasteiger partial charge in [-0.15, -0.1) is 0 Å². The van der Waals surface area contributed by atoms with Gasteiger partial charge in [-0.1, -0.05) is 19.6 Å². The predicted molar refractivity (Wildman–Crippen MR) is 120 cm³/mol. The molecule has 3 aromatic rings. The Morgan fingerprint density at radius 3 is 2.14 bits per heavy atom. The molecule has 0 aliphatic rings. The number of carbonyl (C=O) groups is 1. The first-order valence-electron chi connectivity index (χ1n) is 9.99. The van der Waals surface area contributed by atoms with Crippen molar-refractivity contribution in [3.05, 3.63) is 83.4 Å². The fraction of sp³-hybridized carbons (Fsp3) is 0.292. The van der Waals surface area contributed by atoms with Crippen molar-refractivity contribution in [1.29, 1.82) is 0 Å². The van der Waals surface area contributed by atoms with Gasteiger partial charge in [-0.25, -0.2) is 5.06 Å². The Bertz CT molecular complexity index is 1090. The monoisotopic (exact) mass is 495 g/mol. The zero-order chi connectivity index (χ0) is 24.7. The van der Waals surface area contributed by atoms with E-state index in [0.717, 1.165) is 16.7 Å². The first kappa shape index (κ1) is 27.5. The van der Waals surface area contributed by atoms with Gasteiger partial charge in [-0.3, -0.25) is 19.6 Å². The molecular weight excluding hydrogens is 470 g/mol. The Labute approximate surface area is 200 Å². The fourth-order valence-electron chi connectivity index (χ4n) is 3.29. The second-order valence-corrected chi connectivity index (χ2v) is 7.04. The van der Waals surface area contributed by atoms with E-state index in [1.807, 2.05) is 0 Å². The summed E-state index contributed by atoms with van der Waals surface area (Å²) in [5.74, 6) is -1.93. The van der Waals surface area contributed by atoms with E-state index in [1.165, 1.54) is 38.6 Å². The van der Waals surface area contributed by atoms with Crippen LogP contribution in [-0.4, -0.2) is 48.3 Å². The number of benzene rings is 1. The van der Waals surface area contributed by atoms with Crippen LogP contribution in [0.15, 0.2) is 61.1 Å². The molecule has 0 bridgehead atoms. The topological polar surface area (TPSA) is 73.8 Å². The van der Waals surface area contributed by atoms with Crippen molar-refractivity contribution in [2.45, 2.75) is 33.0 Å². The minimum absolute atomic E-state index is 0. The maximum Gasteiger partial charge on any atom is 0.387 e. The molecule has 0 aliphatic heterocycles. The van der Waals surface area contributed by atoms with Crippen molar-refractivity contribution in [3.8, 4) is 11.5 Å². The van der Waals surface area contributed by atoms with Crippen LogP contribution in [0.25, 0.3) is 0 Å². The number of halogens is 4. The minimum atomic E-state index is -3.24. The van der Waals surface area contributed by atoms with Crippen LogP contribution in [0.5, 0.6) is 11.5 Å². The molecule has 1 amide bonds. The lowest BCUT2D eigenvalue weighted by molar-refractivity contribution is -0.0760. The molecule has 0 fully saturated rings. The van der Waals surface area contributed by atoms with E-state index in [2.05, 4.69) is 19.4 Å². The Morgan fingerprint density at radius 1 is 0.943 bits per heavy atom. The molecule has 1 atom stereocenters. The van der Waals surface area contributed by atoms with E-state index in [4.69, 9.17) is 4.84 Å². The average molecular weight is 495 g/mol. The van der Waals surface area contributed by atoms with Gasteiger partial charge in [0.25, 0.3) is 5.91 Å². The molecule has 2 aromatic heterocycles. The quantitative estimate of drug-likeness (QED) is 0.280. The van der Waals surface area contributed by atoms with Gasteiger partial charge in [0, 0.05) is 31.6 Å². The number of hydrogen-bond acceptors (Lipinski definition) is 6. The van der Waals surface area contributed by atoms with Crippen molar-refractivity contribution in [1.82, 2.24) is 15.0 Å². The summed E-state index contributed by atoms with van der Waals surface area (Å²) in [5.41, 5.74) is 2.16. The summed E-state index contributed by atoms with van der Waals surface area (Å²) in [4.78, 5) is 25.3. The third-order valence-corrected chi connectivity index (χ3v) is 4.96. The zero-order valence-corrected chi connectivity index (χ0v) is 18.2. The van der Waals surface area contributed by atoms with Gasteiger partial charge >= 0.3 is 13.2 Å². The van der Waals surface area contributed by atoms with Gasteiger partial charge in [0.1, 0.15) is 5.69 Å². The summed E-state index contributed by atoms with van der Waals surface area (Å²) in [5, 5.41) is 1.02. The number of nitrogens with zero attached hydrogens (tertiary/aromatic N) is 3. The summed E-state index contributed by atoms with van der Waals surface area (Å²) in [6.45, 7) is -6.45. The third kappa shape index (κ3) is 7.38. The lowest BCUT2D eigenvalue weighted by Crippen LogP contribution is -2.26. The Hall–Kier alpha value is -3.73. The zero-order valence-electron chi connectivity index (χ0n) is 18.2. The fourth-order valence-corrected chi connectivity index (χ4v) is 3.29. The van der Waals surface area contributed by atoms with Gasteiger partial charge in [0.15, 0.2) is 11.5 Å².